The van der Waals surface area contributed by atoms with Gasteiger partial charge in [-0.3, -0.25) is 0 Å². The molecule has 13 heavy (non-hydrogen) atoms. The van der Waals surface area contributed by atoms with Gasteiger partial charge < -0.3 is 15.5 Å². The van der Waals surface area contributed by atoms with E-state index in [2.05, 4.69) is 0 Å². The molecule has 1 unspecified atom stereocenters. The van der Waals surface area contributed by atoms with Gasteiger partial charge in [-0.2, -0.15) is 0 Å². The molecule has 0 saturated carbocycles. The molecule has 0 spiro atoms. The van der Waals surface area contributed by atoms with Crippen molar-refractivity contribution < 1.29 is 4.79 Å². The molecule has 76 valence electrons. The van der Waals surface area contributed by atoms with E-state index in [0.29, 0.717) is 6.54 Å². The first kappa shape index (κ1) is 10.3. The first-order valence-corrected chi connectivity index (χ1v) is 4.96. The largest absolute Gasteiger partial charge is 0.328 e. The number of hydrogen-bond acceptors (Lipinski definition) is 2. The Bertz CT molecular complexity index is 184. The van der Waals surface area contributed by atoms with E-state index in [4.69, 9.17) is 5.73 Å². The molecule has 1 heterocycles. The molecule has 1 saturated heterocycles. The number of carbonyl (C=O) groups is 1. The molecule has 1 fully saturated rings. The third-order valence-electron chi connectivity index (χ3n) is 2.60. The summed E-state index contributed by atoms with van der Waals surface area (Å²) in [6.07, 6.45) is 1.06. The summed E-state index contributed by atoms with van der Waals surface area (Å²) in [5, 5.41) is 0. The molecule has 1 aliphatic rings. The van der Waals surface area contributed by atoms with Gasteiger partial charge in [-0.05, 0) is 20.3 Å². The summed E-state index contributed by atoms with van der Waals surface area (Å²) in [6, 6.07) is 0.313. The normalized spacial score (nSPS) is 20.7. The minimum absolute atomic E-state index is 0.145. The van der Waals surface area contributed by atoms with Gasteiger partial charge in [0.1, 0.15) is 0 Å². The summed E-state index contributed by atoms with van der Waals surface area (Å²) in [6.45, 7) is 7.10. The predicted molar refractivity (Wildman–Crippen MR) is 52.5 cm³/mol. The molecule has 0 aromatic heterocycles. The average Bonchev–Trinajstić information content (AvgIpc) is 2.17. The van der Waals surface area contributed by atoms with E-state index in [1.807, 2.05) is 23.6 Å². The molecule has 0 aromatic rings. The van der Waals surface area contributed by atoms with Crippen molar-refractivity contribution in [1.82, 2.24) is 9.80 Å². The van der Waals surface area contributed by atoms with Gasteiger partial charge in [0.15, 0.2) is 0 Å². The molecule has 0 radical (unpaired) electrons. The summed E-state index contributed by atoms with van der Waals surface area (Å²) in [7, 11) is 0. The number of nitrogens with two attached hydrogens (primary N) is 1. The zero-order valence-electron chi connectivity index (χ0n) is 8.49. The van der Waals surface area contributed by atoms with Gasteiger partial charge in [-0.25, -0.2) is 4.79 Å². The Kier molecular flexibility index (Phi) is 3.54. The van der Waals surface area contributed by atoms with Crippen LogP contribution in [0.1, 0.15) is 20.3 Å². The lowest BCUT2D eigenvalue weighted by atomic mass is 10.2. The molecule has 2 amide bonds. The molecule has 4 heteroatoms. The van der Waals surface area contributed by atoms with Gasteiger partial charge in [-0.1, -0.05) is 0 Å². The molecule has 0 aliphatic carbocycles. The Labute approximate surface area is 79.7 Å². The van der Waals surface area contributed by atoms with Crippen LogP contribution in [0.15, 0.2) is 0 Å². The van der Waals surface area contributed by atoms with E-state index in [-0.39, 0.29) is 12.1 Å². The van der Waals surface area contributed by atoms with Crippen molar-refractivity contribution in [2.45, 2.75) is 26.3 Å². The van der Waals surface area contributed by atoms with Gasteiger partial charge >= 0.3 is 6.03 Å². The van der Waals surface area contributed by atoms with E-state index >= 15 is 0 Å². The van der Waals surface area contributed by atoms with Crippen LogP contribution in [0.5, 0.6) is 0 Å². The van der Waals surface area contributed by atoms with Gasteiger partial charge in [-0.15, -0.1) is 0 Å². The zero-order valence-corrected chi connectivity index (χ0v) is 8.49. The fourth-order valence-electron chi connectivity index (χ4n) is 1.63. The van der Waals surface area contributed by atoms with Crippen molar-refractivity contribution in [3.63, 3.8) is 0 Å². The highest BCUT2D eigenvalue weighted by atomic mass is 16.2. The Hall–Kier alpha value is -0.770. The fraction of sp³-hybridized carbons (Fsp3) is 0.889. The second kappa shape index (κ2) is 4.46. The van der Waals surface area contributed by atoms with Crippen molar-refractivity contribution in [3.8, 4) is 0 Å². The van der Waals surface area contributed by atoms with Gasteiger partial charge in [0.2, 0.25) is 0 Å². The summed E-state index contributed by atoms with van der Waals surface area (Å²) in [4.78, 5) is 15.5. The second-order valence-corrected chi connectivity index (χ2v) is 3.49. The highest BCUT2D eigenvalue weighted by Gasteiger charge is 2.26. The monoisotopic (exact) mass is 185 g/mol. The average molecular weight is 185 g/mol. The maximum atomic E-state index is 11.8. The molecule has 4 nitrogen and oxygen atoms in total. The number of carbonyl (C=O) groups excluding carboxylic acids is 1. The van der Waals surface area contributed by atoms with Crippen LogP contribution in [0.25, 0.3) is 0 Å². The quantitative estimate of drug-likeness (QED) is 0.695. The third-order valence-corrected chi connectivity index (χ3v) is 2.60. The van der Waals surface area contributed by atoms with Crippen LogP contribution < -0.4 is 5.73 Å². The van der Waals surface area contributed by atoms with E-state index < -0.39 is 0 Å². The van der Waals surface area contributed by atoms with Gasteiger partial charge in [0, 0.05) is 32.2 Å². The summed E-state index contributed by atoms with van der Waals surface area (Å²) in [5.74, 6) is 0. The van der Waals surface area contributed by atoms with E-state index in [9.17, 15) is 4.79 Å². The number of urea groups is 1. The predicted octanol–water partition coefficient (Wildman–Crippen LogP) is 0.481. The SMILES string of the molecule is CCN1CCCN(C(C)CN)C1=O. The lowest BCUT2D eigenvalue weighted by molar-refractivity contribution is 0.116. The van der Waals surface area contributed by atoms with Gasteiger partial charge in [0.05, 0.1) is 0 Å². The van der Waals surface area contributed by atoms with Crippen LogP contribution in [-0.2, 0) is 0 Å². The van der Waals surface area contributed by atoms with Crippen molar-refractivity contribution in [2.24, 2.45) is 5.73 Å². The lowest BCUT2D eigenvalue weighted by Crippen LogP contribution is -2.54. The molecule has 0 aromatic carbocycles. The zero-order chi connectivity index (χ0) is 9.84. The lowest BCUT2D eigenvalue weighted by Gasteiger charge is -2.38. The van der Waals surface area contributed by atoms with Crippen LogP contribution in [0.2, 0.25) is 0 Å². The van der Waals surface area contributed by atoms with Crippen molar-refractivity contribution in [1.29, 1.82) is 0 Å². The van der Waals surface area contributed by atoms with Crippen LogP contribution in [0.4, 0.5) is 4.79 Å². The number of amides is 2. The number of nitrogens with zero attached hydrogens (tertiary/aromatic N) is 2. The molecule has 1 atom stereocenters. The van der Waals surface area contributed by atoms with Gasteiger partial charge in [0.25, 0.3) is 0 Å². The minimum Gasteiger partial charge on any atom is -0.328 e. The second-order valence-electron chi connectivity index (χ2n) is 3.49. The minimum atomic E-state index is 0.145. The van der Waals surface area contributed by atoms with Crippen LogP contribution in [-0.4, -0.2) is 48.1 Å². The fourth-order valence-corrected chi connectivity index (χ4v) is 1.63. The van der Waals surface area contributed by atoms with Crippen LogP contribution >= 0.6 is 0 Å². The van der Waals surface area contributed by atoms with E-state index in [1.165, 1.54) is 0 Å². The highest BCUT2D eigenvalue weighted by molar-refractivity contribution is 5.75. The summed E-state index contributed by atoms with van der Waals surface area (Å²) >= 11 is 0. The van der Waals surface area contributed by atoms with Crippen molar-refractivity contribution in [2.75, 3.05) is 26.2 Å². The topological polar surface area (TPSA) is 49.6 Å². The maximum absolute atomic E-state index is 11.8. The van der Waals surface area contributed by atoms with E-state index in [0.717, 1.165) is 26.1 Å². The molecular formula is C9H19N3O. The van der Waals surface area contributed by atoms with Crippen molar-refractivity contribution in [3.05, 3.63) is 0 Å². The van der Waals surface area contributed by atoms with E-state index in [1.54, 1.807) is 0 Å². The molecule has 0 bridgehead atoms. The Morgan fingerprint density at radius 2 is 2.23 bits per heavy atom. The first-order valence-electron chi connectivity index (χ1n) is 4.96. The highest BCUT2D eigenvalue weighted by Crippen LogP contribution is 2.11. The molecular weight excluding hydrogens is 166 g/mol. The van der Waals surface area contributed by atoms with Crippen LogP contribution in [0, 0.1) is 0 Å². The standard InChI is InChI=1S/C9H19N3O/c1-3-11-5-4-6-12(9(11)13)8(2)7-10/h8H,3-7,10H2,1-2H3. The molecule has 1 rings (SSSR count). The van der Waals surface area contributed by atoms with Crippen molar-refractivity contribution >= 4 is 6.03 Å². The number of rotatable bonds is 3. The summed E-state index contributed by atoms with van der Waals surface area (Å²) < 4.78 is 0. The smallest absolute Gasteiger partial charge is 0.320 e. The maximum Gasteiger partial charge on any atom is 0.320 e. The van der Waals surface area contributed by atoms with Crippen LogP contribution in [0.3, 0.4) is 0 Å². The molecule has 2 N–H and O–H groups in total. The first-order chi connectivity index (χ1) is 6.20. The Morgan fingerprint density at radius 3 is 2.77 bits per heavy atom. The Balaban J connectivity index is 2.59. The molecule has 1 aliphatic heterocycles. The third kappa shape index (κ3) is 2.12. The summed E-state index contributed by atoms with van der Waals surface area (Å²) in [5.41, 5.74) is 5.54. The Morgan fingerprint density at radius 1 is 1.54 bits per heavy atom. The number of hydrogen-bond donors (Lipinski definition) is 1.